The highest BCUT2D eigenvalue weighted by molar-refractivity contribution is 5.95. The highest BCUT2D eigenvalue weighted by Gasteiger charge is 2.49. The monoisotopic (exact) mass is 434 g/mol. The number of carbonyl (C=O) groups is 1. The Morgan fingerprint density at radius 2 is 2.00 bits per heavy atom. The summed E-state index contributed by atoms with van der Waals surface area (Å²) in [7, 11) is 1.52. The number of methoxy groups -OCH3 is 1. The van der Waals surface area contributed by atoms with Gasteiger partial charge < -0.3 is 20.1 Å². The number of anilines is 1. The molecule has 0 bridgehead atoms. The summed E-state index contributed by atoms with van der Waals surface area (Å²) in [5, 5.41) is 5.51. The van der Waals surface area contributed by atoms with Gasteiger partial charge in [0.15, 0.2) is 0 Å². The number of amides is 1. The summed E-state index contributed by atoms with van der Waals surface area (Å²) in [5.41, 5.74) is 1.57. The van der Waals surface area contributed by atoms with Gasteiger partial charge in [-0.25, -0.2) is 0 Å². The molecule has 8 heteroatoms. The minimum Gasteiger partial charge on any atom is -0.496 e. The van der Waals surface area contributed by atoms with Crippen LogP contribution in [0.4, 0.5) is 18.9 Å². The molecule has 0 aliphatic carbocycles. The van der Waals surface area contributed by atoms with E-state index in [-0.39, 0.29) is 17.6 Å². The lowest BCUT2D eigenvalue weighted by molar-refractivity contribution is -0.167. The van der Waals surface area contributed by atoms with Gasteiger partial charge in [-0.3, -0.25) is 4.79 Å². The fourth-order valence-electron chi connectivity index (χ4n) is 4.74. The Balaban J connectivity index is 1.60. The second kappa shape index (κ2) is 8.51. The molecule has 1 spiro atoms. The molecule has 2 aromatic carbocycles. The van der Waals surface area contributed by atoms with E-state index in [0.29, 0.717) is 18.8 Å². The molecule has 2 aromatic rings. The van der Waals surface area contributed by atoms with Crippen molar-refractivity contribution >= 4 is 11.6 Å². The Kier molecular flexibility index (Phi) is 5.94. The number of hydrogen-bond acceptors (Lipinski definition) is 4. The summed E-state index contributed by atoms with van der Waals surface area (Å²) >= 11 is 0. The molecule has 31 heavy (non-hydrogen) atoms. The Hall–Kier alpha value is -2.58. The second-order valence-electron chi connectivity index (χ2n) is 8.09. The molecule has 1 amide bonds. The standard InChI is InChI=1S/C23H25F3N2O3/c1-30-19-9-8-17(28-21(29)23(24,25)26)12-18(19)16-13-22(31-14-16)10-5-11-27-20(22)15-6-3-2-4-7-15/h2-4,6-9,12,16,20,27H,5,10-11,13-14H2,1H3,(H,28,29)/t16-,20+,22-/m1/s1. The maximum absolute atomic E-state index is 12.7. The third kappa shape index (κ3) is 4.41. The van der Waals surface area contributed by atoms with Crippen molar-refractivity contribution in [3.05, 3.63) is 59.7 Å². The number of nitrogens with one attached hydrogen (secondary N) is 2. The quantitative estimate of drug-likeness (QED) is 0.741. The first-order chi connectivity index (χ1) is 14.8. The molecule has 0 aromatic heterocycles. The van der Waals surface area contributed by atoms with Crippen molar-refractivity contribution in [2.75, 3.05) is 25.6 Å². The minimum atomic E-state index is -4.95. The number of ether oxygens (including phenoxy) is 2. The lowest BCUT2D eigenvalue weighted by Crippen LogP contribution is -2.48. The zero-order valence-corrected chi connectivity index (χ0v) is 17.2. The molecule has 2 aliphatic heterocycles. The second-order valence-corrected chi connectivity index (χ2v) is 8.09. The minimum absolute atomic E-state index is 0.0339. The van der Waals surface area contributed by atoms with Crippen LogP contribution in [-0.4, -0.2) is 37.9 Å². The van der Waals surface area contributed by atoms with Gasteiger partial charge in [0, 0.05) is 17.2 Å². The molecule has 5 nitrogen and oxygen atoms in total. The molecule has 2 aliphatic rings. The third-order valence-corrected chi connectivity index (χ3v) is 6.13. The maximum atomic E-state index is 12.7. The Morgan fingerprint density at radius 3 is 2.71 bits per heavy atom. The molecular formula is C23H25F3N2O3. The SMILES string of the molecule is COc1ccc(NC(=O)C(F)(F)F)cc1[C@H]1CO[C@]2(CCCN[C@H]2c2ccccc2)C1. The molecule has 4 rings (SSSR count). The van der Waals surface area contributed by atoms with E-state index in [9.17, 15) is 18.0 Å². The van der Waals surface area contributed by atoms with E-state index in [2.05, 4.69) is 17.4 Å². The van der Waals surface area contributed by atoms with Crippen LogP contribution in [0.5, 0.6) is 5.75 Å². The lowest BCUT2D eigenvalue weighted by atomic mass is 9.77. The number of piperidine rings is 1. The van der Waals surface area contributed by atoms with Crippen LogP contribution in [0.25, 0.3) is 0 Å². The first-order valence-electron chi connectivity index (χ1n) is 10.3. The van der Waals surface area contributed by atoms with Crippen molar-refractivity contribution in [1.82, 2.24) is 5.32 Å². The van der Waals surface area contributed by atoms with E-state index < -0.39 is 17.7 Å². The van der Waals surface area contributed by atoms with E-state index in [4.69, 9.17) is 9.47 Å². The van der Waals surface area contributed by atoms with Crippen molar-refractivity contribution in [2.24, 2.45) is 0 Å². The maximum Gasteiger partial charge on any atom is 0.471 e. The summed E-state index contributed by atoms with van der Waals surface area (Å²) in [4.78, 5) is 11.4. The van der Waals surface area contributed by atoms with E-state index in [1.54, 1.807) is 12.1 Å². The van der Waals surface area contributed by atoms with Gasteiger partial charge in [-0.1, -0.05) is 30.3 Å². The smallest absolute Gasteiger partial charge is 0.471 e. The van der Waals surface area contributed by atoms with E-state index >= 15 is 0 Å². The third-order valence-electron chi connectivity index (χ3n) is 6.13. The number of halogens is 3. The van der Waals surface area contributed by atoms with Crippen LogP contribution in [-0.2, 0) is 9.53 Å². The normalized spacial score (nSPS) is 26.1. The molecule has 2 fully saturated rings. The average molecular weight is 434 g/mol. The number of hydrogen-bond donors (Lipinski definition) is 2. The number of alkyl halides is 3. The zero-order chi connectivity index (χ0) is 22.1. The van der Waals surface area contributed by atoms with E-state index in [1.807, 2.05) is 23.5 Å². The van der Waals surface area contributed by atoms with Crippen LogP contribution in [0.2, 0.25) is 0 Å². The van der Waals surface area contributed by atoms with E-state index in [1.165, 1.54) is 13.2 Å². The van der Waals surface area contributed by atoms with Crippen molar-refractivity contribution in [3.8, 4) is 5.75 Å². The molecule has 3 atom stereocenters. The highest BCUT2D eigenvalue weighted by Crippen LogP contribution is 2.49. The average Bonchev–Trinajstić information content (AvgIpc) is 3.18. The molecule has 0 radical (unpaired) electrons. The predicted molar refractivity (Wildman–Crippen MR) is 110 cm³/mol. The summed E-state index contributed by atoms with van der Waals surface area (Å²) in [6, 6.07) is 14.7. The first kappa shape index (κ1) is 21.6. The summed E-state index contributed by atoms with van der Waals surface area (Å²) in [6.07, 6.45) is -2.37. The zero-order valence-electron chi connectivity index (χ0n) is 17.2. The van der Waals surface area contributed by atoms with Crippen molar-refractivity contribution in [2.45, 2.75) is 43.0 Å². The van der Waals surface area contributed by atoms with Crippen LogP contribution in [0, 0.1) is 0 Å². The van der Waals surface area contributed by atoms with Gasteiger partial charge in [0.2, 0.25) is 0 Å². The topological polar surface area (TPSA) is 59.6 Å². The van der Waals surface area contributed by atoms with Crippen LogP contribution in [0.15, 0.2) is 48.5 Å². The van der Waals surface area contributed by atoms with Crippen molar-refractivity contribution in [1.29, 1.82) is 0 Å². The largest absolute Gasteiger partial charge is 0.496 e. The Labute approximate surface area is 178 Å². The van der Waals surface area contributed by atoms with Gasteiger partial charge in [-0.15, -0.1) is 0 Å². The van der Waals surface area contributed by atoms with E-state index in [0.717, 1.165) is 30.5 Å². The molecule has 0 saturated carbocycles. The fourth-order valence-corrected chi connectivity index (χ4v) is 4.74. The Morgan fingerprint density at radius 1 is 1.23 bits per heavy atom. The number of carbonyl (C=O) groups excluding carboxylic acids is 1. The molecule has 2 N–H and O–H groups in total. The van der Waals surface area contributed by atoms with Crippen LogP contribution < -0.4 is 15.4 Å². The highest BCUT2D eigenvalue weighted by atomic mass is 19.4. The Bertz CT molecular complexity index is 935. The van der Waals surface area contributed by atoms with Gasteiger partial charge in [0.05, 0.1) is 25.4 Å². The lowest BCUT2D eigenvalue weighted by Gasteiger charge is -2.41. The predicted octanol–water partition coefficient (Wildman–Crippen LogP) is 4.56. The number of rotatable bonds is 4. The van der Waals surface area contributed by atoms with Gasteiger partial charge in [0.1, 0.15) is 5.75 Å². The molecule has 0 unspecified atom stereocenters. The van der Waals surface area contributed by atoms with Crippen LogP contribution in [0.1, 0.15) is 42.3 Å². The summed E-state index contributed by atoms with van der Waals surface area (Å²) < 4.78 is 49.9. The summed E-state index contributed by atoms with van der Waals surface area (Å²) in [5.74, 6) is -1.50. The summed E-state index contributed by atoms with van der Waals surface area (Å²) in [6.45, 7) is 1.33. The van der Waals surface area contributed by atoms with Crippen molar-refractivity contribution in [3.63, 3.8) is 0 Å². The molecule has 166 valence electrons. The molecular weight excluding hydrogens is 409 g/mol. The van der Waals surface area contributed by atoms with Crippen LogP contribution >= 0.6 is 0 Å². The van der Waals surface area contributed by atoms with Gasteiger partial charge in [0.25, 0.3) is 0 Å². The van der Waals surface area contributed by atoms with Crippen LogP contribution in [0.3, 0.4) is 0 Å². The van der Waals surface area contributed by atoms with Gasteiger partial charge in [-0.05, 0) is 49.6 Å². The molecule has 2 saturated heterocycles. The fraction of sp³-hybridized carbons (Fsp3) is 0.435. The number of benzene rings is 2. The first-order valence-corrected chi connectivity index (χ1v) is 10.3. The van der Waals surface area contributed by atoms with Crippen molar-refractivity contribution < 1.29 is 27.4 Å². The van der Waals surface area contributed by atoms with Gasteiger partial charge in [-0.2, -0.15) is 13.2 Å². The molecule has 2 heterocycles. The van der Waals surface area contributed by atoms with Gasteiger partial charge >= 0.3 is 12.1 Å².